The molecule has 0 spiro atoms. The van der Waals surface area contributed by atoms with E-state index in [2.05, 4.69) is 14.8 Å². The van der Waals surface area contributed by atoms with Gasteiger partial charge in [-0.05, 0) is 35.0 Å². The molecule has 0 heterocycles. The summed E-state index contributed by atoms with van der Waals surface area (Å²) in [6.07, 6.45) is 1.82. The number of hydrogen-bond donors (Lipinski definition) is 2. The Morgan fingerprint density at radius 2 is 1.74 bits per heavy atom. The number of urea groups is 1. The summed E-state index contributed by atoms with van der Waals surface area (Å²) < 4.78 is 56.1. The molecule has 0 aromatic heterocycles. The molecule has 0 saturated heterocycles. The molecule has 0 aliphatic rings. The average Bonchev–Trinajstić information content (AvgIpc) is 2.67. The molecular formula is C18H22N4O7S2. The molecule has 168 valence electrons. The van der Waals surface area contributed by atoms with Crippen molar-refractivity contribution in [1.82, 2.24) is 10.2 Å². The highest BCUT2D eigenvalue weighted by Crippen LogP contribution is 2.30. The summed E-state index contributed by atoms with van der Waals surface area (Å²) in [6.45, 7) is 0.0141. The maximum Gasteiger partial charge on any atom is 0.325 e. The summed E-state index contributed by atoms with van der Waals surface area (Å²) in [5.41, 5.74) is 5.89. The van der Waals surface area contributed by atoms with Crippen molar-refractivity contribution < 1.29 is 30.7 Å². The second kappa shape index (κ2) is 9.66. The Morgan fingerprint density at radius 1 is 1.10 bits per heavy atom. The van der Waals surface area contributed by atoms with Crippen LogP contribution >= 0.6 is 0 Å². The third-order valence-electron chi connectivity index (χ3n) is 3.65. The molecule has 2 aromatic carbocycles. The zero-order valence-corrected chi connectivity index (χ0v) is 18.6. The predicted octanol–water partition coefficient (Wildman–Crippen LogP) is 1.23. The number of nitrogens with one attached hydrogen (secondary N) is 1. The summed E-state index contributed by atoms with van der Waals surface area (Å²) >= 11 is 0. The molecule has 0 atom stereocenters. The number of amides is 2. The zero-order chi connectivity index (χ0) is 23.2. The Balaban J connectivity index is 2.16. The molecule has 2 aromatic rings. The van der Waals surface area contributed by atoms with Crippen molar-refractivity contribution in [1.29, 1.82) is 0 Å². The van der Waals surface area contributed by atoms with Crippen LogP contribution < -0.4 is 15.8 Å². The maximum atomic E-state index is 12.2. The third-order valence-corrected chi connectivity index (χ3v) is 5.11. The summed E-state index contributed by atoms with van der Waals surface area (Å²) in [6, 6.07) is 12.5. The van der Waals surface area contributed by atoms with Crippen LogP contribution in [0.3, 0.4) is 0 Å². The number of carbonyl (C=O) groups excluding carboxylic acids is 1. The first-order chi connectivity index (χ1) is 14.3. The predicted molar refractivity (Wildman–Crippen MR) is 114 cm³/mol. The number of benzene rings is 2. The van der Waals surface area contributed by atoms with Crippen molar-refractivity contribution in [2.45, 2.75) is 11.4 Å². The number of sulfone groups is 1. The first kappa shape index (κ1) is 24.0. The molecule has 0 fully saturated rings. The first-order valence-electron chi connectivity index (χ1n) is 8.65. The van der Waals surface area contributed by atoms with Crippen molar-refractivity contribution >= 4 is 31.9 Å². The molecule has 0 saturated carbocycles. The lowest BCUT2D eigenvalue weighted by Gasteiger charge is -2.18. The van der Waals surface area contributed by atoms with Crippen molar-refractivity contribution in [3.05, 3.63) is 54.1 Å². The Bertz CT molecular complexity index is 1180. The summed E-state index contributed by atoms with van der Waals surface area (Å²) in [5, 5.41) is 5.22. The van der Waals surface area contributed by atoms with Crippen LogP contribution in [0.4, 0.5) is 4.79 Å². The number of rotatable bonds is 7. The van der Waals surface area contributed by atoms with E-state index < -0.39 is 31.9 Å². The van der Waals surface area contributed by atoms with Crippen molar-refractivity contribution in [3.8, 4) is 11.5 Å². The van der Waals surface area contributed by atoms with E-state index >= 15 is 0 Å². The highest BCUT2D eigenvalue weighted by molar-refractivity contribution is 7.90. The lowest BCUT2D eigenvalue weighted by atomic mass is 10.2. The number of carbonyl (C=O) groups is 1. The van der Waals surface area contributed by atoms with E-state index in [9.17, 15) is 21.6 Å². The Hall–Kier alpha value is -3.32. The van der Waals surface area contributed by atoms with Crippen LogP contribution in [-0.4, -0.2) is 53.3 Å². The highest BCUT2D eigenvalue weighted by atomic mass is 32.2. The van der Waals surface area contributed by atoms with Crippen molar-refractivity contribution in [2.75, 3.05) is 19.6 Å². The van der Waals surface area contributed by atoms with Gasteiger partial charge in [0.25, 0.3) is 0 Å². The van der Waals surface area contributed by atoms with Crippen LogP contribution in [-0.2, 0) is 30.8 Å². The second-order valence-electron chi connectivity index (χ2n) is 6.51. The third kappa shape index (κ3) is 7.79. The lowest BCUT2D eigenvalue weighted by molar-refractivity contribution is 0.211. The van der Waals surface area contributed by atoms with Gasteiger partial charge in [-0.15, -0.1) is 0 Å². The highest BCUT2D eigenvalue weighted by Gasteiger charge is 2.18. The number of guanidine groups is 1. The van der Waals surface area contributed by atoms with Crippen LogP contribution in [0.5, 0.6) is 11.5 Å². The Morgan fingerprint density at radius 3 is 2.32 bits per heavy atom. The smallest absolute Gasteiger partial charge is 0.325 e. The molecule has 0 bridgehead atoms. The SMILES string of the molecule is CN(Cc1ccc(Oc2ccccc2)c(S(C)(=O)=O)c1)C(=O)NC(N)=NOS(C)(=O)=O. The topological polar surface area (TPSA) is 157 Å². The fraction of sp³-hybridized carbons (Fsp3) is 0.222. The molecule has 2 rings (SSSR count). The molecule has 0 aliphatic carbocycles. The van der Waals surface area contributed by atoms with Gasteiger partial charge in [-0.3, -0.25) is 9.60 Å². The standard InChI is InChI=1S/C18H22N4O7S2/c1-22(18(23)20-17(19)21-29-31(3,26)27)12-13-9-10-15(16(11-13)30(2,24)25)28-14-7-5-4-6-8-14/h4-11H,12H2,1-3H3,(H3,19,20,21,23). The van der Waals surface area contributed by atoms with E-state index in [1.165, 1.54) is 24.1 Å². The minimum absolute atomic E-state index is 0.0141. The molecular weight excluding hydrogens is 448 g/mol. The quantitative estimate of drug-likeness (QED) is 0.347. The lowest BCUT2D eigenvalue weighted by Crippen LogP contribution is -2.44. The minimum Gasteiger partial charge on any atom is -0.456 e. The number of nitrogens with two attached hydrogens (primary N) is 1. The minimum atomic E-state index is -3.87. The summed E-state index contributed by atoms with van der Waals surface area (Å²) in [5.74, 6) is 0.0623. The average molecular weight is 471 g/mol. The van der Waals surface area contributed by atoms with E-state index in [-0.39, 0.29) is 17.2 Å². The summed E-state index contributed by atoms with van der Waals surface area (Å²) in [7, 11) is -6.07. The van der Waals surface area contributed by atoms with E-state index in [1.807, 2.05) is 0 Å². The van der Waals surface area contributed by atoms with Crippen LogP contribution in [0.15, 0.2) is 58.6 Å². The van der Waals surface area contributed by atoms with Crippen LogP contribution in [0.25, 0.3) is 0 Å². The normalized spacial score (nSPS) is 12.2. The number of ether oxygens (including phenoxy) is 1. The molecule has 3 N–H and O–H groups in total. The number of para-hydroxylation sites is 1. The van der Waals surface area contributed by atoms with Crippen molar-refractivity contribution in [3.63, 3.8) is 0 Å². The van der Waals surface area contributed by atoms with Crippen LogP contribution in [0, 0.1) is 0 Å². The van der Waals surface area contributed by atoms with Gasteiger partial charge in [-0.1, -0.05) is 24.3 Å². The molecule has 11 nitrogen and oxygen atoms in total. The Labute approximate surface area is 180 Å². The molecule has 31 heavy (non-hydrogen) atoms. The van der Waals surface area contributed by atoms with Gasteiger partial charge in [0.2, 0.25) is 5.96 Å². The van der Waals surface area contributed by atoms with Gasteiger partial charge < -0.3 is 15.4 Å². The van der Waals surface area contributed by atoms with Crippen LogP contribution in [0.1, 0.15) is 5.56 Å². The van der Waals surface area contributed by atoms with Gasteiger partial charge in [0.05, 0.1) is 6.26 Å². The molecule has 13 heteroatoms. The number of hydrogen-bond acceptors (Lipinski definition) is 8. The Kier molecular flexibility index (Phi) is 7.46. The fourth-order valence-corrected chi connectivity index (χ4v) is 3.38. The van der Waals surface area contributed by atoms with E-state index in [1.54, 1.807) is 36.4 Å². The van der Waals surface area contributed by atoms with Gasteiger partial charge in [-0.2, -0.15) is 8.42 Å². The maximum absolute atomic E-state index is 12.2. The van der Waals surface area contributed by atoms with Crippen LogP contribution in [0.2, 0.25) is 0 Å². The molecule has 0 radical (unpaired) electrons. The fourth-order valence-electron chi connectivity index (χ4n) is 2.32. The second-order valence-corrected chi connectivity index (χ2v) is 10.1. The molecule has 2 amide bonds. The first-order valence-corrected chi connectivity index (χ1v) is 12.4. The van der Waals surface area contributed by atoms with Gasteiger partial charge in [-0.25, -0.2) is 13.2 Å². The van der Waals surface area contributed by atoms with Gasteiger partial charge in [0.1, 0.15) is 16.4 Å². The monoisotopic (exact) mass is 470 g/mol. The van der Waals surface area contributed by atoms with Gasteiger partial charge in [0.15, 0.2) is 9.84 Å². The van der Waals surface area contributed by atoms with Gasteiger partial charge in [0, 0.05) is 19.8 Å². The largest absolute Gasteiger partial charge is 0.456 e. The van der Waals surface area contributed by atoms with E-state index in [0.717, 1.165) is 12.5 Å². The van der Waals surface area contributed by atoms with Gasteiger partial charge >= 0.3 is 16.1 Å². The number of oxime groups is 1. The van der Waals surface area contributed by atoms with E-state index in [0.29, 0.717) is 11.3 Å². The number of nitrogens with zero attached hydrogens (tertiary/aromatic N) is 2. The van der Waals surface area contributed by atoms with Crippen molar-refractivity contribution in [2.24, 2.45) is 10.9 Å². The molecule has 0 aliphatic heterocycles. The van der Waals surface area contributed by atoms with E-state index in [4.69, 9.17) is 10.5 Å². The molecule has 0 unspecified atom stereocenters. The summed E-state index contributed by atoms with van der Waals surface area (Å²) in [4.78, 5) is 13.3. The zero-order valence-electron chi connectivity index (χ0n) is 17.0.